The van der Waals surface area contributed by atoms with Crippen LogP contribution in [0.2, 0.25) is 0 Å². The van der Waals surface area contributed by atoms with E-state index >= 15 is 0 Å². The van der Waals surface area contributed by atoms with Crippen molar-refractivity contribution in [2.45, 2.75) is 0 Å². The second-order valence-corrected chi connectivity index (χ2v) is 4.27. The average molecular weight is 292 g/mol. The predicted molar refractivity (Wildman–Crippen MR) is 75.0 cm³/mol. The Morgan fingerprint density at radius 2 is 1.81 bits per heavy atom. The summed E-state index contributed by atoms with van der Waals surface area (Å²) in [6.45, 7) is 0.464. The first-order valence-electron chi connectivity index (χ1n) is 6.28. The Labute approximate surface area is 120 Å². The topological polar surface area (TPSA) is 64.4 Å². The van der Waals surface area contributed by atoms with Crippen molar-refractivity contribution in [3.05, 3.63) is 59.7 Å². The molecule has 0 aliphatic carbocycles. The molecule has 0 radical (unpaired) electrons. The molecular formula is C15H14F2N2O2. The molecule has 0 saturated carbocycles. The predicted octanol–water partition coefficient (Wildman–Crippen LogP) is 2.36. The van der Waals surface area contributed by atoms with Crippen LogP contribution in [0.4, 0.5) is 14.5 Å². The summed E-state index contributed by atoms with van der Waals surface area (Å²) in [5.41, 5.74) is 5.27. The van der Waals surface area contributed by atoms with E-state index in [0.717, 1.165) is 12.1 Å². The van der Waals surface area contributed by atoms with Crippen molar-refractivity contribution in [2.24, 2.45) is 0 Å². The number of anilines is 1. The molecule has 3 N–H and O–H groups in total. The van der Waals surface area contributed by atoms with Gasteiger partial charge in [-0.05, 0) is 18.2 Å². The first-order chi connectivity index (χ1) is 10.1. The quantitative estimate of drug-likeness (QED) is 0.657. The van der Waals surface area contributed by atoms with Crippen LogP contribution in [-0.4, -0.2) is 19.1 Å². The fourth-order valence-corrected chi connectivity index (χ4v) is 1.70. The summed E-state index contributed by atoms with van der Waals surface area (Å²) < 4.78 is 31.4. The van der Waals surface area contributed by atoms with E-state index in [1.54, 1.807) is 12.1 Å². The van der Waals surface area contributed by atoms with Crippen LogP contribution in [-0.2, 0) is 0 Å². The lowest BCUT2D eigenvalue weighted by atomic mass is 10.1. The second-order valence-electron chi connectivity index (χ2n) is 4.27. The minimum atomic E-state index is -1.12. The molecular weight excluding hydrogens is 278 g/mol. The van der Waals surface area contributed by atoms with Crippen LogP contribution in [0.25, 0.3) is 0 Å². The number of hydrogen-bond donors (Lipinski definition) is 2. The van der Waals surface area contributed by atoms with Gasteiger partial charge >= 0.3 is 0 Å². The number of rotatable bonds is 5. The smallest absolute Gasteiger partial charge is 0.253 e. The molecule has 2 aromatic carbocycles. The molecule has 110 valence electrons. The van der Waals surface area contributed by atoms with Crippen LogP contribution in [0, 0.1) is 11.6 Å². The lowest BCUT2D eigenvalue weighted by molar-refractivity contribution is 0.0947. The third-order valence-electron chi connectivity index (χ3n) is 2.74. The van der Waals surface area contributed by atoms with Gasteiger partial charge in [0.2, 0.25) is 0 Å². The van der Waals surface area contributed by atoms with Gasteiger partial charge in [0.25, 0.3) is 5.91 Å². The number of carbonyl (C=O) groups excluding carboxylic acids is 1. The molecule has 0 saturated heterocycles. The zero-order chi connectivity index (χ0) is 15.2. The third-order valence-corrected chi connectivity index (χ3v) is 2.74. The Morgan fingerprint density at radius 3 is 2.52 bits per heavy atom. The zero-order valence-corrected chi connectivity index (χ0v) is 11.1. The molecule has 2 aromatic rings. The SMILES string of the molecule is Nc1cc(F)c(F)cc1C(=O)NCCOc1ccccc1. The van der Waals surface area contributed by atoms with Gasteiger partial charge < -0.3 is 15.8 Å². The molecule has 0 aliphatic rings. The number of nitrogens with one attached hydrogen (secondary N) is 1. The summed E-state index contributed by atoms with van der Waals surface area (Å²) in [6, 6.07) is 10.7. The van der Waals surface area contributed by atoms with Crippen molar-refractivity contribution in [1.29, 1.82) is 0 Å². The molecule has 0 bridgehead atoms. The molecule has 0 atom stereocenters. The van der Waals surface area contributed by atoms with Crippen LogP contribution < -0.4 is 15.8 Å². The number of nitrogen functional groups attached to an aromatic ring is 1. The molecule has 0 spiro atoms. The molecule has 0 fully saturated rings. The second kappa shape index (κ2) is 6.69. The summed E-state index contributed by atoms with van der Waals surface area (Å²) in [5, 5.41) is 2.52. The highest BCUT2D eigenvalue weighted by Crippen LogP contribution is 2.16. The largest absolute Gasteiger partial charge is 0.492 e. The standard InChI is InChI=1S/C15H14F2N2O2/c16-12-8-11(14(18)9-13(12)17)15(20)19-6-7-21-10-4-2-1-3-5-10/h1-5,8-9H,6-7,18H2,(H,19,20). The van der Waals surface area contributed by atoms with E-state index in [1.165, 1.54) is 0 Å². The molecule has 6 heteroatoms. The number of carbonyl (C=O) groups is 1. The number of benzene rings is 2. The first kappa shape index (κ1) is 14.8. The summed E-state index contributed by atoms with van der Waals surface area (Å²) >= 11 is 0. The number of amides is 1. The van der Waals surface area contributed by atoms with Crippen molar-refractivity contribution in [3.63, 3.8) is 0 Å². The van der Waals surface area contributed by atoms with Crippen LogP contribution in [0.1, 0.15) is 10.4 Å². The molecule has 0 aromatic heterocycles. The number of ether oxygens (including phenoxy) is 1. The Bertz CT molecular complexity index is 633. The number of halogens is 2. The Morgan fingerprint density at radius 1 is 1.14 bits per heavy atom. The van der Waals surface area contributed by atoms with E-state index in [-0.39, 0.29) is 24.4 Å². The lowest BCUT2D eigenvalue weighted by Gasteiger charge is -2.09. The van der Waals surface area contributed by atoms with Crippen molar-refractivity contribution in [2.75, 3.05) is 18.9 Å². The van der Waals surface area contributed by atoms with Gasteiger partial charge in [-0.3, -0.25) is 4.79 Å². The monoisotopic (exact) mass is 292 g/mol. The van der Waals surface area contributed by atoms with E-state index in [4.69, 9.17) is 10.5 Å². The van der Waals surface area contributed by atoms with Crippen molar-refractivity contribution >= 4 is 11.6 Å². The van der Waals surface area contributed by atoms with Gasteiger partial charge in [0, 0.05) is 11.8 Å². The fraction of sp³-hybridized carbons (Fsp3) is 0.133. The maximum atomic E-state index is 13.1. The highest BCUT2D eigenvalue weighted by Gasteiger charge is 2.13. The highest BCUT2D eigenvalue weighted by atomic mass is 19.2. The van der Waals surface area contributed by atoms with E-state index < -0.39 is 17.5 Å². The van der Waals surface area contributed by atoms with Gasteiger partial charge in [0.1, 0.15) is 12.4 Å². The van der Waals surface area contributed by atoms with E-state index in [9.17, 15) is 13.6 Å². The number of hydrogen-bond acceptors (Lipinski definition) is 3. The van der Waals surface area contributed by atoms with E-state index in [0.29, 0.717) is 5.75 Å². The molecule has 2 rings (SSSR count). The zero-order valence-electron chi connectivity index (χ0n) is 11.1. The summed E-state index contributed by atoms with van der Waals surface area (Å²) in [7, 11) is 0. The number of para-hydroxylation sites is 1. The van der Waals surface area contributed by atoms with Gasteiger partial charge in [-0.2, -0.15) is 0 Å². The number of nitrogens with two attached hydrogens (primary N) is 1. The Balaban J connectivity index is 1.86. The minimum Gasteiger partial charge on any atom is -0.492 e. The van der Waals surface area contributed by atoms with E-state index in [1.807, 2.05) is 18.2 Å². The van der Waals surface area contributed by atoms with Gasteiger partial charge in [-0.25, -0.2) is 8.78 Å². The Kier molecular flexibility index (Phi) is 4.71. The fourth-order valence-electron chi connectivity index (χ4n) is 1.70. The van der Waals surface area contributed by atoms with Crippen LogP contribution in [0.3, 0.4) is 0 Å². The first-order valence-corrected chi connectivity index (χ1v) is 6.28. The van der Waals surface area contributed by atoms with Gasteiger partial charge in [-0.1, -0.05) is 18.2 Å². The molecule has 0 unspecified atom stereocenters. The highest BCUT2D eigenvalue weighted by molar-refractivity contribution is 5.99. The molecule has 0 aliphatic heterocycles. The Hall–Kier alpha value is -2.63. The molecule has 1 amide bonds. The van der Waals surface area contributed by atoms with Crippen LogP contribution >= 0.6 is 0 Å². The van der Waals surface area contributed by atoms with Crippen molar-refractivity contribution < 1.29 is 18.3 Å². The minimum absolute atomic E-state index is 0.103. The summed E-state index contributed by atoms with van der Waals surface area (Å²) in [4.78, 5) is 11.8. The van der Waals surface area contributed by atoms with Gasteiger partial charge in [0.05, 0.1) is 12.1 Å². The molecule has 4 nitrogen and oxygen atoms in total. The van der Waals surface area contributed by atoms with Gasteiger partial charge in [-0.15, -0.1) is 0 Å². The summed E-state index contributed by atoms with van der Waals surface area (Å²) in [6.07, 6.45) is 0. The van der Waals surface area contributed by atoms with Crippen LogP contribution in [0.15, 0.2) is 42.5 Å². The maximum Gasteiger partial charge on any atom is 0.253 e. The normalized spacial score (nSPS) is 10.2. The average Bonchev–Trinajstić information content (AvgIpc) is 2.48. The van der Waals surface area contributed by atoms with Crippen LogP contribution in [0.5, 0.6) is 5.75 Å². The van der Waals surface area contributed by atoms with E-state index in [2.05, 4.69) is 5.32 Å². The van der Waals surface area contributed by atoms with Crippen molar-refractivity contribution in [3.8, 4) is 5.75 Å². The van der Waals surface area contributed by atoms with Crippen molar-refractivity contribution in [1.82, 2.24) is 5.32 Å². The molecule has 21 heavy (non-hydrogen) atoms. The lowest BCUT2D eigenvalue weighted by Crippen LogP contribution is -2.29. The molecule has 0 heterocycles. The summed E-state index contributed by atoms with van der Waals surface area (Å²) in [5.74, 6) is -2.10. The van der Waals surface area contributed by atoms with Gasteiger partial charge in [0.15, 0.2) is 11.6 Å². The third kappa shape index (κ3) is 3.92. The maximum absolute atomic E-state index is 13.1.